The van der Waals surface area contributed by atoms with Gasteiger partial charge in [0.1, 0.15) is 35.0 Å². The Hall–Kier alpha value is -4.61. The highest BCUT2D eigenvalue weighted by molar-refractivity contribution is 7.91. The molecular weight excluding hydrogens is 796 g/mol. The van der Waals surface area contributed by atoms with Crippen LogP contribution in [0.2, 0.25) is 0 Å². The van der Waals surface area contributed by atoms with Crippen molar-refractivity contribution < 1.29 is 55.3 Å². The van der Waals surface area contributed by atoms with Crippen LogP contribution in [0.25, 0.3) is 10.8 Å². The fraction of sp³-hybridized carbons (Fsp3) is 0.634. The summed E-state index contributed by atoms with van der Waals surface area (Å²) >= 11 is 0. The number of carbonyl (C=O) groups is 4. The molecule has 7 atom stereocenters. The summed E-state index contributed by atoms with van der Waals surface area (Å²) in [6.45, 7) is 5.96. The largest absolute Gasteiger partial charge is 0.488 e. The van der Waals surface area contributed by atoms with Crippen molar-refractivity contribution in [3.8, 4) is 11.6 Å². The van der Waals surface area contributed by atoms with Gasteiger partial charge in [-0.05, 0) is 90.0 Å². The van der Waals surface area contributed by atoms with E-state index in [2.05, 4.69) is 15.0 Å². The highest BCUT2D eigenvalue weighted by Crippen LogP contribution is 2.48. The standard InChI is InChI=1S/C41H52F3N5O9S/c1-23-10-6-7-11-25-20-40(25,36(52)47-59(55,56)39(5)16-17-39)46-33(50)30-19-27(58-34-29-13-9-8-12-28(29)31(21-45-34)57-26-14-15-26)22-48(30)35(51)32(24(2)18-23)49(37(53)54)38(3,4)41(42,43)44/h7-9,11-13,21,23-27,30,32H,6,10,14-20,22H2,1-5H3,(H,46,50)(H,47,52)(H,53,54)/t23-,24-,25-,27-,30+,32+,40-/m1/s1. The van der Waals surface area contributed by atoms with Crippen molar-refractivity contribution in [3.05, 3.63) is 42.6 Å². The third-order valence-electron chi connectivity index (χ3n) is 12.8. The minimum atomic E-state index is -5.09. The Morgan fingerprint density at radius 1 is 1.03 bits per heavy atom. The number of nitrogens with one attached hydrogen (secondary N) is 2. The maximum atomic E-state index is 15.0. The molecular formula is C41H52F3N5O9S. The van der Waals surface area contributed by atoms with Crippen LogP contribution >= 0.6 is 0 Å². The molecule has 7 rings (SSSR count). The van der Waals surface area contributed by atoms with Crippen LogP contribution in [0.1, 0.15) is 92.4 Å². The summed E-state index contributed by atoms with van der Waals surface area (Å²) in [6.07, 6.45) is 0.647. The van der Waals surface area contributed by atoms with Crippen LogP contribution in [0, 0.1) is 17.8 Å². The summed E-state index contributed by atoms with van der Waals surface area (Å²) in [6, 6.07) is 3.84. The van der Waals surface area contributed by atoms with E-state index in [1.807, 2.05) is 25.1 Å². The lowest BCUT2D eigenvalue weighted by atomic mass is 9.85. The maximum absolute atomic E-state index is 15.0. The Morgan fingerprint density at radius 3 is 2.34 bits per heavy atom. The van der Waals surface area contributed by atoms with Crippen LogP contribution in [-0.2, 0) is 24.4 Å². The normalized spacial score (nSPS) is 29.9. The third kappa shape index (κ3) is 8.17. The molecule has 0 unspecified atom stereocenters. The number of allylic oxidation sites excluding steroid dienone is 1. The minimum absolute atomic E-state index is 0.0564. The number of benzene rings is 1. The van der Waals surface area contributed by atoms with Crippen molar-refractivity contribution in [3.63, 3.8) is 0 Å². The molecule has 5 aliphatic rings. The van der Waals surface area contributed by atoms with E-state index >= 15 is 4.79 Å². The van der Waals surface area contributed by atoms with E-state index in [1.165, 1.54) is 20.0 Å². The number of halogens is 3. The fourth-order valence-corrected chi connectivity index (χ4v) is 9.75. The second-order valence-electron chi connectivity index (χ2n) is 17.9. The van der Waals surface area contributed by atoms with Gasteiger partial charge in [0.15, 0.2) is 0 Å². The molecule has 18 heteroatoms. The van der Waals surface area contributed by atoms with Gasteiger partial charge in [-0.1, -0.05) is 44.2 Å². The Bertz CT molecular complexity index is 2160. The molecule has 4 amide bonds. The molecule has 0 radical (unpaired) electrons. The first-order valence-electron chi connectivity index (χ1n) is 20.2. The lowest BCUT2D eigenvalue weighted by Gasteiger charge is -2.45. The molecule has 322 valence electrons. The van der Waals surface area contributed by atoms with Crippen LogP contribution < -0.4 is 19.5 Å². The van der Waals surface area contributed by atoms with Crippen LogP contribution in [0.5, 0.6) is 11.6 Å². The number of ether oxygens (including phenoxy) is 2. The number of carbonyl (C=O) groups excluding carboxylic acids is 3. The first-order chi connectivity index (χ1) is 27.6. The number of carboxylic acid groups (broad SMARTS) is 1. The number of aromatic nitrogens is 1. The first kappa shape index (κ1) is 42.5. The lowest BCUT2D eigenvalue weighted by molar-refractivity contribution is -0.222. The van der Waals surface area contributed by atoms with Crippen LogP contribution in [0.3, 0.4) is 0 Å². The van der Waals surface area contributed by atoms with Gasteiger partial charge in [-0.2, -0.15) is 13.2 Å². The van der Waals surface area contributed by atoms with E-state index in [-0.39, 0.29) is 48.6 Å². The number of pyridine rings is 1. The van der Waals surface area contributed by atoms with E-state index in [9.17, 15) is 41.1 Å². The molecule has 3 N–H and O–H groups in total. The fourth-order valence-electron chi connectivity index (χ4n) is 8.44. The minimum Gasteiger partial charge on any atom is -0.488 e. The number of fused-ring (bicyclic) bond motifs is 3. The Kier molecular flexibility index (Phi) is 10.9. The van der Waals surface area contributed by atoms with Crippen molar-refractivity contribution in [1.29, 1.82) is 0 Å². The van der Waals surface area contributed by atoms with E-state index < -0.39 is 85.9 Å². The predicted octanol–water partition coefficient (Wildman–Crippen LogP) is 5.70. The molecule has 3 aliphatic carbocycles. The quantitative estimate of drug-likeness (QED) is 0.265. The summed E-state index contributed by atoms with van der Waals surface area (Å²) in [5.41, 5.74) is -4.74. The van der Waals surface area contributed by atoms with Gasteiger partial charge in [0.2, 0.25) is 27.7 Å². The summed E-state index contributed by atoms with van der Waals surface area (Å²) in [5, 5.41) is 14.5. The summed E-state index contributed by atoms with van der Waals surface area (Å²) in [7, 11) is -4.12. The van der Waals surface area contributed by atoms with Gasteiger partial charge in [-0.3, -0.25) is 24.0 Å². The number of alkyl halides is 3. The molecule has 2 aliphatic heterocycles. The number of nitrogens with zero attached hydrogens (tertiary/aromatic N) is 3. The highest BCUT2D eigenvalue weighted by Gasteiger charge is 2.64. The summed E-state index contributed by atoms with van der Waals surface area (Å²) < 4.78 is 84.1. The second kappa shape index (κ2) is 15.1. The van der Waals surface area contributed by atoms with E-state index in [4.69, 9.17) is 9.47 Å². The Morgan fingerprint density at radius 2 is 1.71 bits per heavy atom. The van der Waals surface area contributed by atoms with Gasteiger partial charge in [0.25, 0.3) is 5.91 Å². The van der Waals surface area contributed by atoms with Gasteiger partial charge in [0.05, 0.1) is 23.6 Å². The van der Waals surface area contributed by atoms with Gasteiger partial charge >= 0.3 is 12.3 Å². The molecule has 1 saturated heterocycles. The number of sulfonamides is 1. The average molecular weight is 848 g/mol. The van der Waals surface area contributed by atoms with Gasteiger partial charge < -0.3 is 24.8 Å². The topological polar surface area (TPSA) is 185 Å². The van der Waals surface area contributed by atoms with E-state index in [1.54, 1.807) is 18.2 Å². The Labute approximate surface area is 341 Å². The average Bonchev–Trinajstić information content (AvgIpc) is 4.11. The van der Waals surface area contributed by atoms with E-state index in [0.29, 0.717) is 56.1 Å². The SMILES string of the molecule is C[C@@H]1CCC=C[C@@H]2C[C@@]2(C(=O)NS(=O)(=O)C2(C)CC2)NC(=O)[C@@H]2C[C@@H](Oc3ncc(OC4CC4)c4ccccc34)CN2C(=O)[C@@H](N(C(=O)O)C(C)(C)C(F)(F)F)[C@H](C)C1. The monoisotopic (exact) mass is 847 g/mol. The van der Waals surface area contributed by atoms with Crippen molar-refractivity contribution in [2.75, 3.05) is 6.54 Å². The molecule has 1 aromatic heterocycles. The molecule has 4 fully saturated rings. The number of hydrogen-bond acceptors (Lipinski definition) is 9. The van der Waals surface area contributed by atoms with Crippen molar-refractivity contribution >= 4 is 44.6 Å². The summed E-state index contributed by atoms with van der Waals surface area (Å²) in [4.78, 5) is 62.2. The zero-order valence-corrected chi connectivity index (χ0v) is 34.6. The molecule has 3 saturated carbocycles. The zero-order chi connectivity index (χ0) is 42.9. The predicted molar refractivity (Wildman–Crippen MR) is 209 cm³/mol. The lowest BCUT2D eigenvalue weighted by Crippen LogP contribution is -2.66. The maximum Gasteiger partial charge on any atom is 0.411 e. The number of amides is 4. The molecule has 59 heavy (non-hydrogen) atoms. The van der Waals surface area contributed by atoms with E-state index in [0.717, 1.165) is 17.7 Å². The zero-order valence-electron chi connectivity index (χ0n) is 33.8. The summed E-state index contributed by atoms with van der Waals surface area (Å²) in [5.74, 6) is -3.88. The molecule has 2 aromatic rings. The highest BCUT2D eigenvalue weighted by atomic mass is 32.2. The molecule has 14 nitrogen and oxygen atoms in total. The van der Waals surface area contributed by atoms with Gasteiger partial charge in [-0.25, -0.2) is 18.2 Å². The Balaban J connectivity index is 1.28. The van der Waals surface area contributed by atoms with Crippen molar-refractivity contribution in [2.24, 2.45) is 17.8 Å². The van der Waals surface area contributed by atoms with Crippen LogP contribution in [0.4, 0.5) is 18.0 Å². The molecule has 0 bridgehead atoms. The van der Waals surface area contributed by atoms with Crippen molar-refractivity contribution in [1.82, 2.24) is 24.8 Å². The number of rotatable bonds is 9. The molecule has 3 heterocycles. The van der Waals surface area contributed by atoms with Crippen LogP contribution in [-0.4, -0.2) is 105 Å². The molecule has 1 aromatic carbocycles. The van der Waals surface area contributed by atoms with Crippen LogP contribution in [0.15, 0.2) is 42.6 Å². The third-order valence-corrected chi connectivity index (χ3v) is 15.0. The first-order valence-corrected chi connectivity index (χ1v) is 21.7. The molecule has 0 spiro atoms. The van der Waals surface area contributed by atoms with Gasteiger partial charge in [-0.15, -0.1) is 0 Å². The number of hydrogen-bond donors (Lipinski definition) is 3. The smallest absolute Gasteiger partial charge is 0.411 e. The van der Waals surface area contributed by atoms with Crippen molar-refractivity contribution in [2.45, 2.75) is 139 Å². The van der Waals surface area contributed by atoms with Gasteiger partial charge in [0, 0.05) is 23.1 Å². The second-order valence-corrected chi connectivity index (χ2v) is 20.1.